The van der Waals surface area contributed by atoms with Crippen LogP contribution in [0.1, 0.15) is 38.6 Å². The van der Waals surface area contributed by atoms with E-state index in [9.17, 15) is 4.79 Å². The molecule has 0 aromatic carbocycles. The Labute approximate surface area is 120 Å². The van der Waals surface area contributed by atoms with E-state index in [1.807, 2.05) is 4.57 Å². The largest absolute Gasteiger partial charge is 0.365 e. The quantitative estimate of drug-likeness (QED) is 0.859. The van der Waals surface area contributed by atoms with Crippen molar-refractivity contribution < 1.29 is 0 Å². The highest BCUT2D eigenvalue weighted by atomic mass is 16.1. The number of likely N-dealkylation sites (tertiary alicyclic amines) is 1. The summed E-state index contributed by atoms with van der Waals surface area (Å²) in [5, 5.41) is 3.24. The summed E-state index contributed by atoms with van der Waals surface area (Å²) in [6, 6.07) is 0.410. The molecule has 1 saturated carbocycles. The fraction of sp³-hybridized carbons (Fsp3) is 0.733. The van der Waals surface area contributed by atoms with Gasteiger partial charge in [0.1, 0.15) is 0 Å². The zero-order valence-electron chi connectivity index (χ0n) is 12.2. The van der Waals surface area contributed by atoms with Crippen LogP contribution in [0.2, 0.25) is 0 Å². The smallest absolute Gasteiger partial charge is 0.293 e. The van der Waals surface area contributed by atoms with Crippen molar-refractivity contribution in [3.05, 3.63) is 22.7 Å². The number of aromatic nitrogens is 2. The number of nitrogens with zero attached hydrogens (tertiary/aromatic N) is 3. The Morgan fingerprint density at radius 3 is 2.85 bits per heavy atom. The molecule has 1 unspecified atom stereocenters. The third kappa shape index (κ3) is 3.20. The molecule has 20 heavy (non-hydrogen) atoms. The van der Waals surface area contributed by atoms with Crippen molar-refractivity contribution in [2.45, 2.75) is 38.6 Å². The number of rotatable bonds is 6. The van der Waals surface area contributed by atoms with Crippen LogP contribution in [0, 0.1) is 5.92 Å². The van der Waals surface area contributed by atoms with Gasteiger partial charge in [-0.1, -0.05) is 6.92 Å². The second-order valence-electron chi connectivity index (χ2n) is 6.21. The summed E-state index contributed by atoms with van der Waals surface area (Å²) in [4.78, 5) is 18.9. The molecule has 5 nitrogen and oxygen atoms in total. The van der Waals surface area contributed by atoms with Crippen molar-refractivity contribution >= 4 is 5.82 Å². The lowest BCUT2D eigenvalue weighted by Crippen LogP contribution is -2.31. The zero-order chi connectivity index (χ0) is 13.9. The molecule has 1 aliphatic heterocycles. The molecule has 5 heteroatoms. The normalized spacial score (nSPS) is 21.1. The molecule has 0 bridgehead atoms. The highest BCUT2D eigenvalue weighted by Gasteiger charge is 2.25. The van der Waals surface area contributed by atoms with Gasteiger partial charge in [-0.3, -0.25) is 4.79 Å². The zero-order valence-corrected chi connectivity index (χ0v) is 12.2. The molecule has 2 fully saturated rings. The molecule has 1 aliphatic carbocycles. The van der Waals surface area contributed by atoms with Gasteiger partial charge < -0.3 is 14.8 Å². The molecular formula is C15H24N4O. The van der Waals surface area contributed by atoms with E-state index in [2.05, 4.69) is 22.1 Å². The van der Waals surface area contributed by atoms with Gasteiger partial charge in [0.2, 0.25) is 0 Å². The number of hydrogen-bond acceptors (Lipinski definition) is 4. The second kappa shape index (κ2) is 5.95. The summed E-state index contributed by atoms with van der Waals surface area (Å²) in [6.45, 7) is 6.60. The van der Waals surface area contributed by atoms with Crippen LogP contribution in [0.4, 0.5) is 5.82 Å². The monoisotopic (exact) mass is 276 g/mol. The van der Waals surface area contributed by atoms with E-state index in [0.717, 1.165) is 25.9 Å². The summed E-state index contributed by atoms with van der Waals surface area (Å²) in [5.74, 6) is 1.04. The van der Waals surface area contributed by atoms with E-state index in [1.54, 1.807) is 12.4 Å². The fourth-order valence-electron chi connectivity index (χ4n) is 2.93. The van der Waals surface area contributed by atoms with Crippen LogP contribution in [0.15, 0.2) is 17.2 Å². The van der Waals surface area contributed by atoms with Crippen molar-refractivity contribution in [3.8, 4) is 0 Å². The molecule has 0 radical (unpaired) electrons. The van der Waals surface area contributed by atoms with Crippen LogP contribution in [-0.4, -0.2) is 40.6 Å². The second-order valence-corrected chi connectivity index (χ2v) is 6.21. The molecule has 1 aromatic heterocycles. The first-order valence-corrected chi connectivity index (χ1v) is 7.77. The maximum absolute atomic E-state index is 12.2. The highest BCUT2D eigenvalue weighted by molar-refractivity contribution is 5.31. The Morgan fingerprint density at radius 2 is 2.15 bits per heavy atom. The van der Waals surface area contributed by atoms with Crippen LogP contribution in [-0.2, 0) is 0 Å². The lowest BCUT2D eigenvalue weighted by molar-refractivity contribution is 0.294. The average molecular weight is 276 g/mol. The predicted octanol–water partition coefficient (Wildman–Crippen LogP) is 1.72. The lowest BCUT2D eigenvalue weighted by Gasteiger charge is -2.20. The molecule has 1 atom stereocenters. The van der Waals surface area contributed by atoms with E-state index < -0.39 is 0 Å². The molecule has 1 aromatic rings. The first kappa shape index (κ1) is 13.6. The van der Waals surface area contributed by atoms with Crippen LogP contribution in [0.25, 0.3) is 0 Å². The van der Waals surface area contributed by atoms with Gasteiger partial charge in [0.15, 0.2) is 5.82 Å². The number of nitrogens with one attached hydrogen (secondary N) is 1. The van der Waals surface area contributed by atoms with Crippen molar-refractivity contribution in [1.29, 1.82) is 0 Å². The third-order valence-corrected chi connectivity index (χ3v) is 4.19. The van der Waals surface area contributed by atoms with Crippen LogP contribution < -0.4 is 10.9 Å². The summed E-state index contributed by atoms with van der Waals surface area (Å²) in [5.41, 5.74) is 0.0309. The SMILES string of the molecule is CC(CNc1nccn(C2CC2)c1=O)CN1CCCC1. The Balaban J connectivity index is 1.55. The Bertz CT molecular complexity index is 503. The maximum Gasteiger partial charge on any atom is 0.293 e. The molecule has 1 saturated heterocycles. The molecule has 0 amide bonds. The molecule has 2 heterocycles. The maximum atomic E-state index is 12.2. The van der Waals surface area contributed by atoms with Gasteiger partial charge in [0, 0.05) is 31.5 Å². The Morgan fingerprint density at radius 1 is 1.40 bits per heavy atom. The topological polar surface area (TPSA) is 50.2 Å². The van der Waals surface area contributed by atoms with Gasteiger partial charge in [-0.25, -0.2) is 4.98 Å². The van der Waals surface area contributed by atoms with Gasteiger partial charge in [-0.05, 0) is 44.7 Å². The lowest BCUT2D eigenvalue weighted by atomic mass is 10.1. The standard InChI is InChI=1S/C15H24N4O/c1-12(11-18-7-2-3-8-18)10-17-14-15(20)19(9-6-16-14)13-4-5-13/h6,9,12-13H,2-5,7-8,10-11H2,1H3,(H,16,17). The van der Waals surface area contributed by atoms with Gasteiger partial charge in [0.25, 0.3) is 5.56 Å². The van der Waals surface area contributed by atoms with E-state index in [1.165, 1.54) is 25.9 Å². The van der Waals surface area contributed by atoms with Crippen molar-refractivity contribution in [1.82, 2.24) is 14.5 Å². The van der Waals surface area contributed by atoms with Gasteiger partial charge in [-0.15, -0.1) is 0 Å². The van der Waals surface area contributed by atoms with Crippen LogP contribution in [0.3, 0.4) is 0 Å². The fourth-order valence-corrected chi connectivity index (χ4v) is 2.93. The summed E-state index contributed by atoms with van der Waals surface area (Å²) in [6.07, 6.45) is 8.43. The van der Waals surface area contributed by atoms with E-state index >= 15 is 0 Å². The number of anilines is 1. The van der Waals surface area contributed by atoms with Crippen LogP contribution >= 0.6 is 0 Å². The molecule has 3 rings (SSSR count). The molecule has 0 spiro atoms. The van der Waals surface area contributed by atoms with E-state index in [0.29, 0.717) is 17.8 Å². The minimum absolute atomic E-state index is 0.0309. The van der Waals surface area contributed by atoms with Crippen LogP contribution in [0.5, 0.6) is 0 Å². The van der Waals surface area contributed by atoms with Crippen molar-refractivity contribution in [3.63, 3.8) is 0 Å². The first-order chi connectivity index (χ1) is 9.74. The minimum Gasteiger partial charge on any atom is -0.365 e. The van der Waals surface area contributed by atoms with Crippen molar-refractivity contribution in [2.75, 3.05) is 31.5 Å². The molecular weight excluding hydrogens is 252 g/mol. The summed E-state index contributed by atoms with van der Waals surface area (Å²) < 4.78 is 1.82. The van der Waals surface area contributed by atoms with Gasteiger partial charge >= 0.3 is 0 Å². The van der Waals surface area contributed by atoms with Crippen molar-refractivity contribution in [2.24, 2.45) is 5.92 Å². The summed E-state index contributed by atoms with van der Waals surface area (Å²) >= 11 is 0. The first-order valence-electron chi connectivity index (χ1n) is 7.77. The number of hydrogen-bond donors (Lipinski definition) is 1. The third-order valence-electron chi connectivity index (χ3n) is 4.19. The average Bonchev–Trinajstić information content (AvgIpc) is 3.16. The predicted molar refractivity (Wildman–Crippen MR) is 80.1 cm³/mol. The van der Waals surface area contributed by atoms with E-state index in [-0.39, 0.29) is 5.56 Å². The van der Waals surface area contributed by atoms with Gasteiger partial charge in [0.05, 0.1) is 0 Å². The van der Waals surface area contributed by atoms with Gasteiger partial charge in [-0.2, -0.15) is 0 Å². The van der Waals surface area contributed by atoms with E-state index in [4.69, 9.17) is 0 Å². The molecule has 110 valence electrons. The molecule has 1 N–H and O–H groups in total. The Hall–Kier alpha value is -1.36. The Kier molecular flexibility index (Phi) is 4.05. The summed E-state index contributed by atoms with van der Waals surface area (Å²) in [7, 11) is 0. The highest BCUT2D eigenvalue weighted by Crippen LogP contribution is 2.33. The molecule has 2 aliphatic rings. The minimum atomic E-state index is 0.0309.